The van der Waals surface area contributed by atoms with Gasteiger partial charge in [-0.3, -0.25) is 0 Å². The van der Waals surface area contributed by atoms with Crippen molar-refractivity contribution in [1.82, 2.24) is 5.32 Å². The Bertz CT molecular complexity index is 314. The number of nitrogens with one attached hydrogen (secondary N) is 1. The summed E-state index contributed by atoms with van der Waals surface area (Å²) >= 11 is 0. The highest BCUT2D eigenvalue weighted by atomic mass is 19.1. The maximum absolute atomic E-state index is 13.1. The lowest BCUT2D eigenvalue weighted by atomic mass is 10.1. The van der Waals surface area contributed by atoms with Crippen molar-refractivity contribution >= 4 is 0 Å². The summed E-state index contributed by atoms with van der Waals surface area (Å²) in [5.41, 5.74) is 0.137. The standard InChI is InChI=1S/C12H15F2N/c1-15-9-4-2-3-6-10-11(13)7-5-8-12(10)14/h2-3,5,7-8,15H,4,6,9H2,1H3/b3-2+. The van der Waals surface area contributed by atoms with Crippen molar-refractivity contribution in [2.24, 2.45) is 0 Å². The Hall–Kier alpha value is -1.22. The van der Waals surface area contributed by atoms with Crippen molar-refractivity contribution in [2.75, 3.05) is 13.6 Å². The highest BCUT2D eigenvalue weighted by Gasteiger charge is 2.05. The fourth-order valence-electron chi connectivity index (χ4n) is 1.27. The third-order valence-corrected chi connectivity index (χ3v) is 2.11. The van der Waals surface area contributed by atoms with Crippen LogP contribution in [0.25, 0.3) is 0 Å². The van der Waals surface area contributed by atoms with Crippen molar-refractivity contribution < 1.29 is 8.78 Å². The summed E-state index contributed by atoms with van der Waals surface area (Å²) in [7, 11) is 1.87. The summed E-state index contributed by atoms with van der Waals surface area (Å²) < 4.78 is 26.3. The molecule has 0 aliphatic heterocycles. The number of hydrogen-bond acceptors (Lipinski definition) is 1. The van der Waals surface area contributed by atoms with E-state index in [2.05, 4.69) is 5.32 Å². The highest BCUT2D eigenvalue weighted by molar-refractivity contribution is 5.21. The Kier molecular flexibility index (Phi) is 4.98. The van der Waals surface area contributed by atoms with E-state index in [1.165, 1.54) is 18.2 Å². The van der Waals surface area contributed by atoms with Crippen LogP contribution >= 0.6 is 0 Å². The van der Waals surface area contributed by atoms with Gasteiger partial charge < -0.3 is 5.32 Å². The Labute approximate surface area is 88.8 Å². The highest BCUT2D eigenvalue weighted by Crippen LogP contribution is 2.12. The lowest BCUT2D eigenvalue weighted by Gasteiger charge is -2.00. The molecule has 82 valence electrons. The molecule has 0 atom stereocenters. The summed E-state index contributed by atoms with van der Waals surface area (Å²) in [6.45, 7) is 0.871. The van der Waals surface area contributed by atoms with Crippen LogP contribution in [0.2, 0.25) is 0 Å². The van der Waals surface area contributed by atoms with Crippen LogP contribution in [0.5, 0.6) is 0 Å². The molecule has 0 aliphatic rings. The zero-order valence-electron chi connectivity index (χ0n) is 8.76. The van der Waals surface area contributed by atoms with Crippen LogP contribution in [0.1, 0.15) is 12.0 Å². The zero-order valence-corrected chi connectivity index (χ0v) is 8.76. The molecule has 15 heavy (non-hydrogen) atoms. The van der Waals surface area contributed by atoms with Crippen LogP contribution in [-0.4, -0.2) is 13.6 Å². The van der Waals surface area contributed by atoms with E-state index in [1.807, 2.05) is 13.1 Å². The van der Waals surface area contributed by atoms with Gasteiger partial charge in [0.2, 0.25) is 0 Å². The van der Waals surface area contributed by atoms with Crippen LogP contribution in [0.3, 0.4) is 0 Å². The van der Waals surface area contributed by atoms with Gasteiger partial charge in [-0.15, -0.1) is 0 Å². The second-order valence-electron chi connectivity index (χ2n) is 3.27. The number of benzene rings is 1. The molecule has 1 nitrogen and oxygen atoms in total. The average molecular weight is 211 g/mol. The van der Waals surface area contributed by atoms with Crippen molar-refractivity contribution in [1.29, 1.82) is 0 Å². The molecular weight excluding hydrogens is 196 g/mol. The summed E-state index contributed by atoms with van der Waals surface area (Å²) in [4.78, 5) is 0. The van der Waals surface area contributed by atoms with Gasteiger partial charge in [-0.25, -0.2) is 8.78 Å². The minimum Gasteiger partial charge on any atom is -0.319 e. The molecule has 0 heterocycles. The molecule has 0 aromatic heterocycles. The maximum atomic E-state index is 13.1. The number of rotatable bonds is 5. The van der Waals surface area contributed by atoms with Crippen molar-refractivity contribution in [2.45, 2.75) is 12.8 Å². The van der Waals surface area contributed by atoms with Gasteiger partial charge in [0, 0.05) is 5.56 Å². The molecular formula is C12H15F2N. The second-order valence-corrected chi connectivity index (χ2v) is 3.27. The molecule has 1 N–H and O–H groups in total. The summed E-state index contributed by atoms with van der Waals surface area (Å²) in [6, 6.07) is 3.93. The summed E-state index contributed by atoms with van der Waals surface area (Å²) in [5.74, 6) is -0.957. The summed E-state index contributed by atoms with van der Waals surface area (Å²) in [6.07, 6.45) is 4.88. The largest absolute Gasteiger partial charge is 0.319 e. The third kappa shape index (κ3) is 3.80. The normalized spacial score (nSPS) is 11.1. The van der Waals surface area contributed by atoms with Gasteiger partial charge in [-0.1, -0.05) is 18.2 Å². The van der Waals surface area contributed by atoms with Gasteiger partial charge in [-0.2, -0.15) is 0 Å². The van der Waals surface area contributed by atoms with E-state index in [9.17, 15) is 8.78 Å². The van der Waals surface area contributed by atoms with Gasteiger partial charge in [0.15, 0.2) is 0 Å². The van der Waals surface area contributed by atoms with Gasteiger partial charge >= 0.3 is 0 Å². The SMILES string of the molecule is CNCC/C=C/Cc1c(F)cccc1F. The molecule has 0 saturated carbocycles. The molecule has 0 fully saturated rings. The molecule has 0 radical (unpaired) electrons. The average Bonchev–Trinajstić information content (AvgIpc) is 2.21. The van der Waals surface area contributed by atoms with E-state index in [0.717, 1.165) is 13.0 Å². The first-order chi connectivity index (χ1) is 7.25. The molecule has 0 spiro atoms. The van der Waals surface area contributed by atoms with E-state index >= 15 is 0 Å². The molecule has 1 aromatic carbocycles. The Morgan fingerprint density at radius 2 is 1.87 bits per heavy atom. The van der Waals surface area contributed by atoms with E-state index in [4.69, 9.17) is 0 Å². The van der Waals surface area contributed by atoms with Crippen LogP contribution in [0.4, 0.5) is 8.78 Å². The molecule has 1 rings (SSSR count). The van der Waals surface area contributed by atoms with Crippen LogP contribution in [0, 0.1) is 11.6 Å². The molecule has 0 unspecified atom stereocenters. The topological polar surface area (TPSA) is 12.0 Å². The van der Waals surface area contributed by atoms with Crippen molar-refractivity contribution in [3.8, 4) is 0 Å². The second kappa shape index (κ2) is 6.30. The predicted octanol–water partition coefficient (Wildman–Crippen LogP) is 2.67. The first-order valence-electron chi connectivity index (χ1n) is 4.98. The van der Waals surface area contributed by atoms with E-state index < -0.39 is 11.6 Å². The van der Waals surface area contributed by atoms with Crippen LogP contribution < -0.4 is 5.32 Å². The van der Waals surface area contributed by atoms with Crippen LogP contribution in [0.15, 0.2) is 30.4 Å². The number of allylic oxidation sites excluding steroid dienone is 1. The fourth-order valence-corrected chi connectivity index (χ4v) is 1.27. The predicted molar refractivity (Wildman–Crippen MR) is 57.7 cm³/mol. The van der Waals surface area contributed by atoms with Gasteiger partial charge in [0.25, 0.3) is 0 Å². The Balaban J connectivity index is 2.53. The molecule has 1 aromatic rings. The molecule has 0 amide bonds. The van der Waals surface area contributed by atoms with Crippen molar-refractivity contribution in [3.63, 3.8) is 0 Å². The van der Waals surface area contributed by atoms with Gasteiger partial charge in [0.1, 0.15) is 11.6 Å². The molecule has 0 bridgehead atoms. The minimum atomic E-state index is -0.478. The lowest BCUT2D eigenvalue weighted by molar-refractivity contribution is 0.562. The van der Waals surface area contributed by atoms with Crippen molar-refractivity contribution in [3.05, 3.63) is 47.5 Å². The molecule has 3 heteroatoms. The smallest absolute Gasteiger partial charge is 0.129 e. The quantitative estimate of drug-likeness (QED) is 0.583. The first kappa shape index (κ1) is 11.9. The Morgan fingerprint density at radius 3 is 2.47 bits per heavy atom. The number of halogens is 2. The van der Waals surface area contributed by atoms with E-state index in [-0.39, 0.29) is 5.56 Å². The van der Waals surface area contributed by atoms with Crippen LogP contribution in [-0.2, 0) is 6.42 Å². The lowest BCUT2D eigenvalue weighted by Crippen LogP contribution is -2.05. The maximum Gasteiger partial charge on any atom is 0.129 e. The van der Waals surface area contributed by atoms with Gasteiger partial charge in [-0.05, 0) is 38.6 Å². The number of hydrogen-bond donors (Lipinski definition) is 1. The monoisotopic (exact) mass is 211 g/mol. The minimum absolute atomic E-state index is 0.137. The fraction of sp³-hybridized carbons (Fsp3) is 0.333. The molecule has 0 aliphatic carbocycles. The summed E-state index contributed by atoms with van der Waals surface area (Å²) in [5, 5.41) is 2.99. The Morgan fingerprint density at radius 1 is 1.20 bits per heavy atom. The van der Waals surface area contributed by atoms with Gasteiger partial charge in [0.05, 0.1) is 0 Å². The first-order valence-corrected chi connectivity index (χ1v) is 4.98. The molecule has 0 saturated heterocycles. The van der Waals surface area contributed by atoms with E-state index in [0.29, 0.717) is 6.42 Å². The van der Waals surface area contributed by atoms with E-state index in [1.54, 1.807) is 6.08 Å². The zero-order chi connectivity index (χ0) is 11.1. The third-order valence-electron chi connectivity index (χ3n) is 2.11.